The number of aliphatic hydroxyl groups is 1. The summed E-state index contributed by atoms with van der Waals surface area (Å²) in [5, 5.41) is 12.0. The van der Waals surface area contributed by atoms with E-state index in [9.17, 15) is 5.11 Å². The molecule has 1 aromatic heterocycles. The minimum atomic E-state index is -0.405. The van der Waals surface area contributed by atoms with E-state index < -0.39 is 5.41 Å². The maximum absolute atomic E-state index is 12.0. The third-order valence-corrected chi connectivity index (χ3v) is 10.7. The zero-order valence-electron chi connectivity index (χ0n) is 22.8. The third-order valence-electron chi connectivity index (χ3n) is 10.7. The quantitative estimate of drug-likeness (QED) is 0.561. The lowest BCUT2D eigenvalue weighted by molar-refractivity contribution is 0.0676. The predicted molar refractivity (Wildman–Crippen MR) is 147 cm³/mol. The van der Waals surface area contributed by atoms with Crippen LogP contribution in [0.5, 0.6) is 0 Å². The van der Waals surface area contributed by atoms with Crippen LogP contribution in [0, 0.1) is 16.2 Å². The molecule has 1 N–H and O–H groups in total. The summed E-state index contributed by atoms with van der Waals surface area (Å²) in [6.07, 6.45) is 9.61. The molecular weight excluding hydrogens is 460 g/mol. The molecule has 5 heterocycles. The Morgan fingerprint density at radius 1 is 0.973 bits per heavy atom. The van der Waals surface area contributed by atoms with Crippen molar-refractivity contribution in [2.75, 3.05) is 23.9 Å². The number of fused-ring (bicyclic) bond motifs is 8. The maximum atomic E-state index is 12.0. The molecule has 7 heteroatoms. The average Bonchev–Trinajstić information content (AvgIpc) is 3.27. The highest BCUT2D eigenvalue weighted by Gasteiger charge is 2.81. The molecule has 5 aliphatic rings. The summed E-state index contributed by atoms with van der Waals surface area (Å²) in [5.74, 6) is 2.36. The predicted octanol–water partition coefficient (Wildman–Crippen LogP) is 5.84. The van der Waals surface area contributed by atoms with Gasteiger partial charge in [-0.05, 0) is 24.5 Å². The number of likely N-dealkylation sites (N-methyl/N-ethyl adjacent to an activating group) is 1. The Kier molecular flexibility index (Phi) is 4.22. The number of hydrogen-bond donors (Lipinski definition) is 1. The minimum Gasteiger partial charge on any atom is -0.510 e. The van der Waals surface area contributed by atoms with Crippen LogP contribution in [0.25, 0.3) is 5.57 Å². The molecule has 7 nitrogen and oxygen atoms in total. The molecule has 7 rings (SSSR count). The number of anilines is 3. The Morgan fingerprint density at radius 2 is 1.68 bits per heavy atom. The van der Waals surface area contributed by atoms with Crippen molar-refractivity contribution in [3.8, 4) is 0 Å². The topological polar surface area (TPSA) is 59.0 Å². The Morgan fingerprint density at radius 3 is 2.38 bits per heavy atom. The van der Waals surface area contributed by atoms with Crippen LogP contribution in [-0.2, 0) is 0 Å². The molecule has 1 aliphatic carbocycles. The molecule has 0 saturated heterocycles. The normalized spacial score (nSPS) is 36.9. The van der Waals surface area contributed by atoms with Gasteiger partial charge in [0.05, 0.1) is 11.4 Å². The van der Waals surface area contributed by atoms with Crippen molar-refractivity contribution in [2.45, 2.75) is 59.8 Å². The van der Waals surface area contributed by atoms with E-state index in [1.54, 1.807) is 12.4 Å². The molecule has 0 amide bonds. The molecule has 1 fully saturated rings. The molecule has 0 radical (unpaired) electrons. The fraction of sp³-hybridized carbons (Fsp3) is 0.467. The largest absolute Gasteiger partial charge is 0.510 e. The summed E-state index contributed by atoms with van der Waals surface area (Å²) in [5.41, 5.74) is 5.41. The molecule has 4 unspecified atom stereocenters. The number of aliphatic hydroxyl groups excluding tert-OH is 1. The van der Waals surface area contributed by atoms with Crippen LogP contribution in [0.1, 0.15) is 53.0 Å². The summed E-state index contributed by atoms with van der Waals surface area (Å²) >= 11 is 0. The second-order valence-electron chi connectivity index (χ2n) is 11.8. The first kappa shape index (κ1) is 22.7. The van der Waals surface area contributed by atoms with Gasteiger partial charge in [-0.2, -0.15) is 0 Å². The molecule has 5 atom stereocenters. The molecule has 1 saturated carbocycles. The molecule has 0 spiro atoms. The monoisotopic (exact) mass is 496 g/mol. The fourth-order valence-corrected chi connectivity index (χ4v) is 8.53. The molecule has 0 bridgehead atoms. The Bertz CT molecular complexity index is 1450. The van der Waals surface area contributed by atoms with Crippen LogP contribution in [-0.4, -0.2) is 51.3 Å². The molecule has 4 aliphatic heterocycles. The first-order valence-corrected chi connectivity index (χ1v) is 13.5. The Labute approximate surface area is 219 Å². The van der Waals surface area contributed by atoms with Crippen molar-refractivity contribution in [3.63, 3.8) is 0 Å². The second-order valence-corrected chi connectivity index (χ2v) is 11.8. The van der Waals surface area contributed by atoms with Crippen LogP contribution in [0.3, 0.4) is 0 Å². The van der Waals surface area contributed by atoms with Crippen LogP contribution < -0.4 is 9.80 Å². The van der Waals surface area contributed by atoms with E-state index in [-0.39, 0.29) is 23.2 Å². The Balaban J connectivity index is 1.56. The lowest BCUT2D eigenvalue weighted by Crippen LogP contribution is -2.44. The standard InChI is InChI=1S/C30H36N6O/c1-8-19-23(37)28(3,9-2)30(5)22(29(30,4)27-33(6)16-17-35(19)27)21-18-12-10-11-13-20(18)36-25-24(31-14-15-32-25)34(7)26(21)36/h10-17,26-27,37H,8-9H2,1-7H3/b22-21-/t26?,27?,28?,29?,30-/m1/s1. The van der Waals surface area contributed by atoms with Crippen LogP contribution in [0.2, 0.25) is 0 Å². The van der Waals surface area contributed by atoms with Crippen LogP contribution in [0.4, 0.5) is 17.3 Å². The fourth-order valence-electron chi connectivity index (χ4n) is 8.53. The van der Waals surface area contributed by atoms with Gasteiger partial charge >= 0.3 is 0 Å². The zero-order valence-corrected chi connectivity index (χ0v) is 22.8. The number of aromatic nitrogens is 2. The van der Waals surface area contributed by atoms with Crippen molar-refractivity contribution in [1.29, 1.82) is 0 Å². The molecule has 37 heavy (non-hydrogen) atoms. The van der Waals surface area contributed by atoms with Gasteiger partial charge in [-0.15, -0.1) is 0 Å². The second kappa shape index (κ2) is 6.88. The van der Waals surface area contributed by atoms with E-state index in [2.05, 4.69) is 105 Å². The highest BCUT2D eigenvalue weighted by molar-refractivity contribution is 6.01. The van der Waals surface area contributed by atoms with E-state index in [1.165, 1.54) is 22.4 Å². The summed E-state index contributed by atoms with van der Waals surface area (Å²) in [6.45, 7) is 11.5. The first-order chi connectivity index (χ1) is 17.7. The molecular formula is C30H36N6O. The van der Waals surface area contributed by atoms with E-state index in [1.807, 2.05) is 0 Å². The van der Waals surface area contributed by atoms with E-state index >= 15 is 0 Å². The van der Waals surface area contributed by atoms with Crippen LogP contribution >= 0.6 is 0 Å². The van der Waals surface area contributed by atoms with Crippen molar-refractivity contribution < 1.29 is 5.11 Å². The van der Waals surface area contributed by atoms with Gasteiger partial charge in [-0.25, -0.2) is 9.97 Å². The van der Waals surface area contributed by atoms with E-state index in [0.29, 0.717) is 5.76 Å². The lowest BCUT2D eigenvalue weighted by atomic mass is 9.67. The summed E-state index contributed by atoms with van der Waals surface area (Å²) in [6, 6.07) is 8.72. The van der Waals surface area contributed by atoms with Crippen molar-refractivity contribution in [3.05, 3.63) is 71.7 Å². The maximum Gasteiger partial charge on any atom is 0.178 e. The van der Waals surface area contributed by atoms with E-state index in [4.69, 9.17) is 9.97 Å². The van der Waals surface area contributed by atoms with Gasteiger partial charge in [0.1, 0.15) is 18.1 Å². The number of benzene rings is 1. The number of para-hydroxylation sites is 1. The van der Waals surface area contributed by atoms with Gasteiger partial charge < -0.3 is 19.8 Å². The average molecular weight is 497 g/mol. The highest BCUT2D eigenvalue weighted by Crippen LogP contribution is 2.83. The summed E-state index contributed by atoms with van der Waals surface area (Å²) in [7, 11) is 4.31. The minimum absolute atomic E-state index is 0.0173. The van der Waals surface area contributed by atoms with Crippen molar-refractivity contribution in [1.82, 2.24) is 19.8 Å². The number of hydrogen-bond acceptors (Lipinski definition) is 7. The van der Waals surface area contributed by atoms with Gasteiger partial charge in [0.2, 0.25) is 0 Å². The van der Waals surface area contributed by atoms with E-state index in [0.717, 1.165) is 30.2 Å². The summed E-state index contributed by atoms with van der Waals surface area (Å²) < 4.78 is 0. The van der Waals surface area contributed by atoms with Gasteiger partial charge in [0, 0.05) is 66.3 Å². The molecule has 1 aromatic carbocycles. The number of nitrogens with zero attached hydrogens (tertiary/aromatic N) is 6. The summed E-state index contributed by atoms with van der Waals surface area (Å²) in [4.78, 5) is 18.8. The van der Waals surface area contributed by atoms with Gasteiger partial charge in [0.25, 0.3) is 0 Å². The lowest BCUT2D eigenvalue weighted by Gasteiger charge is -2.38. The number of rotatable bonds is 2. The first-order valence-electron chi connectivity index (χ1n) is 13.5. The van der Waals surface area contributed by atoms with Gasteiger partial charge in [-0.1, -0.05) is 52.8 Å². The third kappa shape index (κ3) is 2.23. The smallest absolute Gasteiger partial charge is 0.178 e. The SMILES string of the molecule is CCC1=C(O)C(C)(CC)[C@@]2(C)/C(=C3/c4ccccc4N4c5nccnc5N(C)C34)C2(C)C2N(C)C=CN12. The highest BCUT2D eigenvalue weighted by atomic mass is 16.3. The molecule has 192 valence electrons. The molecule has 2 aromatic rings. The zero-order chi connectivity index (χ0) is 26.1. The van der Waals surface area contributed by atoms with Gasteiger partial charge in [-0.3, -0.25) is 4.90 Å². The van der Waals surface area contributed by atoms with Crippen molar-refractivity contribution in [2.24, 2.45) is 16.2 Å². The van der Waals surface area contributed by atoms with Crippen molar-refractivity contribution >= 4 is 22.9 Å². The van der Waals surface area contributed by atoms with Crippen LogP contribution in [0.15, 0.2) is 66.1 Å². The van der Waals surface area contributed by atoms with Gasteiger partial charge in [0.15, 0.2) is 11.6 Å². The number of allylic oxidation sites excluding steroid dienone is 2. The Hall–Kier alpha value is -3.48.